The maximum atomic E-state index is 9.37. The third-order valence-electron chi connectivity index (χ3n) is 2.99. The molecule has 2 atom stereocenters. The predicted octanol–water partition coefficient (Wildman–Crippen LogP) is 2.72. The maximum Gasteiger partial charge on any atom is 0.0565 e. The van der Waals surface area contributed by atoms with Crippen LogP contribution in [0.2, 0.25) is 0 Å². The topological polar surface area (TPSA) is 46.2 Å². The molecule has 1 aromatic carbocycles. The quantitative estimate of drug-likeness (QED) is 0.785. The molecule has 0 aliphatic rings. The minimum atomic E-state index is 0.0963. The van der Waals surface area contributed by atoms with Gasteiger partial charge >= 0.3 is 0 Å². The average molecular weight is 253 g/mol. The Morgan fingerprint density at radius 3 is 2.65 bits per heavy atom. The van der Waals surface area contributed by atoms with Gasteiger partial charge in [-0.15, -0.1) is 11.8 Å². The smallest absolute Gasteiger partial charge is 0.0565 e. The predicted molar refractivity (Wildman–Crippen MR) is 76.2 cm³/mol. The number of aliphatic hydroxyl groups is 1. The van der Waals surface area contributed by atoms with Crippen molar-refractivity contribution in [3.05, 3.63) is 35.4 Å². The van der Waals surface area contributed by atoms with Crippen molar-refractivity contribution in [3.8, 4) is 0 Å². The van der Waals surface area contributed by atoms with E-state index < -0.39 is 0 Å². The first-order chi connectivity index (χ1) is 8.19. The Labute approximate surface area is 109 Å². The number of benzene rings is 1. The largest absolute Gasteiger partial charge is 0.395 e. The number of rotatable bonds is 7. The molecule has 0 saturated carbocycles. The second-order valence-electron chi connectivity index (χ2n) is 4.41. The summed E-state index contributed by atoms with van der Waals surface area (Å²) in [5.74, 6) is 0.926. The molecule has 0 bridgehead atoms. The summed E-state index contributed by atoms with van der Waals surface area (Å²) in [4.78, 5) is 0. The van der Waals surface area contributed by atoms with Gasteiger partial charge in [-0.3, -0.25) is 0 Å². The highest BCUT2D eigenvalue weighted by atomic mass is 32.2. The zero-order valence-corrected chi connectivity index (χ0v) is 11.5. The van der Waals surface area contributed by atoms with Crippen LogP contribution in [-0.4, -0.2) is 23.0 Å². The van der Waals surface area contributed by atoms with Crippen molar-refractivity contribution in [2.45, 2.75) is 43.7 Å². The highest BCUT2D eigenvalue weighted by molar-refractivity contribution is 7.99. The Kier molecular flexibility index (Phi) is 6.63. The van der Waals surface area contributed by atoms with Crippen molar-refractivity contribution >= 4 is 11.8 Å². The molecule has 17 heavy (non-hydrogen) atoms. The van der Waals surface area contributed by atoms with E-state index >= 15 is 0 Å². The average Bonchev–Trinajstić information content (AvgIpc) is 2.32. The number of hydrogen-bond donors (Lipinski definition) is 2. The first kappa shape index (κ1) is 14.6. The van der Waals surface area contributed by atoms with Crippen molar-refractivity contribution in [3.63, 3.8) is 0 Å². The van der Waals surface area contributed by atoms with E-state index in [1.165, 1.54) is 11.1 Å². The highest BCUT2D eigenvalue weighted by Gasteiger charge is 2.16. The molecule has 1 aromatic rings. The molecule has 0 spiro atoms. The van der Waals surface area contributed by atoms with Crippen LogP contribution in [0.5, 0.6) is 0 Å². The van der Waals surface area contributed by atoms with Gasteiger partial charge in [-0.05, 0) is 24.5 Å². The van der Waals surface area contributed by atoms with Crippen LogP contribution in [-0.2, 0) is 5.75 Å². The van der Waals surface area contributed by atoms with Crippen LogP contribution in [0, 0.1) is 6.92 Å². The summed E-state index contributed by atoms with van der Waals surface area (Å²) in [5.41, 5.74) is 8.70. The van der Waals surface area contributed by atoms with Gasteiger partial charge in [-0.2, -0.15) is 0 Å². The highest BCUT2D eigenvalue weighted by Crippen LogP contribution is 2.22. The summed E-state index contributed by atoms with van der Waals surface area (Å²) in [7, 11) is 0. The molecule has 0 heterocycles. The minimum absolute atomic E-state index is 0.0963. The van der Waals surface area contributed by atoms with Crippen LogP contribution >= 0.6 is 11.8 Å². The van der Waals surface area contributed by atoms with E-state index in [-0.39, 0.29) is 17.9 Å². The van der Waals surface area contributed by atoms with Crippen molar-refractivity contribution in [1.29, 1.82) is 0 Å². The van der Waals surface area contributed by atoms with E-state index in [0.29, 0.717) is 0 Å². The molecule has 0 aromatic heterocycles. The van der Waals surface area contributed by atoms with E-state index in [1.807, 2.05) is 0 Å². The summed E-state index contributed by atoms with van der Waals surface area (Å²) < 4.78 is 0. The van der Waals surface area contributed by atoms with Crippen LogP contribution in [0.25, 0.3) is 0 Å². The van der Waals surface area contributed by atoms with Gasteiger partial charge < -0.3 is 10.8 Å². The molecule has 3 heteroatoms. The van der Waals surface area contributed by atoms with E-state index in [0.717, 1.165) is 18.6 Å². The molecule has 0 amide bonds. The van der Waals surface area contributed by atoms with Gasteiger partial charge in [0.05, 0.1) is 6.61 Å². The van der Waals surface area contributed by atoms with Crippen LogP contribution in [0.1, 0.15) is 30.9 Å². The zero-order chi connectivity index (χ0) is 12.7. The summed E-state index contributed by atoms with van der Waals surface area (Å²) in [6.07, 6.45) is 2.05. The van der Waals surface area contributed by atoms with Crippen molar-refractivity contribution in [2.24, 2.45) is 5.73 Å². The SMILES string of the molecule is CCCC(N)C(CO)SCc1ccccc1C. The molecule has 0 radical (unpaired) electrons. The number of aliphatic hydroxyl groups excluding tert-OH is 1. The monoisotopic (exact) mass is 253 g/mol. The molecule has 0 aliphatic heterocycles. The fourth-order valence-electron chi connectivity index (χ4n) is 1.80. The number of nitrogens with two attached hydrogens (primary N) is 1. The molecular formula is C14H23NOS. The van der Waals surface area contributed by atoms with Crippen LogP contribution in [0.4, 0.5) is 0 Å². The first-order valence-corrected chi connectivity index (χ1v) is 7.26. The normalized spacial score (nSPS) is 14.6. The number of thioether (sulfide) groups is 1. The Morgan fingerprint density at radius 2 is 2.06 bits per heavy atom. The van der Waals surface area contributed by atoms with Crippen LogP contribution in [0.3, 0.4) is 0 Å². The van der Waals surface area contributed by atoms with E-state index in [4.69, 9.17) is 5.73 Å². The molecular weight excluding hydrogens is 230 g/mol. The lowest BCUT2D eigenvalue weighted by Crippen LogP contribution is -2.34. The van der Waals surface area contributed by atoms with Crippen molar-refractivity contribution in [2.75, 3.05) is 6.61 Å². The van der Waals surface area contributed by atoms with Gasteiger partial charge in [0.15, 0.2) is 0 Å². The Morgan fingerprint density at radius 1 is 1.35 bits per heavy atom. The van der Waals surface area contributed by atoms with E-state index in [2.05, 4.69) is 38.1 Å². The summed E-state index contributed by atoms with van der Waals surface area (Å²) >= 11 is 1.76. The van der Waals surface area contributed by atoms with Gasteiger partial charge in [-0.1, -0.05) is 37.6 Å². The molecule has 0 saturated heterocycles. The first-order valence-electron chi connectivity index (χ1n) is 6.21. The van der Waals surface area contributed by atoms with Crippen molar-refractivity contribution < 1.29 is 5.11 Å². The van der Waals surface area contributed by atoms with Gasteiger partial charge in [0.2, 0.25) is 0 Å². The lowest BCUT2D eigenvalue weighted by atomic mass is 10.1. The molecule has 0 aliphatic carbocycles. The summed E-state index contributed by atoms with van der Waals surface area (Å²) in [6, 6.07) is 8.47. The van der Waals surface area contributed by atoms with Gasteiger partial charge in [0.1, 0.15) is 0 Å². The second-order valence-corrected chi connectivity index (χ2v) is 5.64. The van der Waals surface area contributed by atoms with Gasteiger partial charge in [0, 0.05) is 17.0 Å². The van der Waals surface area contributed by atoms with Gasteiger partial charge in [-0.25, -0.2) is 0 Å². The third-order valence-corrected chi connectivity index (χ3v) is 4.40. The Balaban J connectivity index is 2.50. The third kappa shape index (κ3) is 4.70. The lowest BCUT2D eigenvalue weighted by Gasteiger charge is -2.21. The number of aryl methyl sites for hydroxylation is 1. The lowest BCUT2D eigenvalue weighted by molar-refractivity contribution is 0.279. The van der Waals surface area contributed by atoms with E-state index in [9.17, 15) is 5.11 Å². The minimum Gasteiger partial charge on any atom is -0.395 e. The Hall–Kier alpha value is -0.510. The van der Waals surface area contributed by atoms with Crippen LogP contribution in [0.15, 0.2) is 24.3 Å². The fraction of sp³-hybridized carbons (Fsp3) is 0.571. The molecule has 1 rings (SSSR count). The number of hydrogen-bond acceptors (Lipinski definition) is 3. The summed E-state index contributed by atoms with van der Waals surface area (Å²) in [6.45, 7) is 4.41. The van der Waals surface area contributed by atoms with E-state index in [1.54, 1.807) is 11.8 Å². The Bertz CT molecular complexity index is 330. The molecule has 2 unspecified atom stereocenters. The van der Waals surface area contributed by atoms with Crippen molar-refractivity contribution in [1.82, 2.24) is 0 Å². The fourth-order valence-corrected chi connectivity index (χ4v) is 3.01. The maximum absolute atomic E-state index is 9.37. The molecule has 2 nitrogen and oxygen atoms in total. The zero-order valence-electron chi connectivity index (χ0n) is 10.7. The molecule has 96 valence electrons. The van der Waals surface area contributed by atoms with Gasteiger partial charge in [0.25, 0.3) is 0 Å². The molecule has 3 N–H and O–H groups in total. The standard InChI is InChI=1S/C14H23NOS/c1-3-6-13(15)14(9-16)17-10-12-8-5-4-7-11(12)2/h4-5,7-8,13-14,16H,3,6,9-10,15H2,1-2H3. The molecule has 0 fully saturated rings. The van der Waals surface area contributed by atoms with Crippen LogP contribution < -0.4 is 5.73 Å². The second kappa shape index (κ2) is 7.75. The summed E-state index contributed by atoms with van der Waals surface area (Å²) in [5, 5.41) is 9.52.